The van der Waals surface area contributed by atoms with Gasteiger partial charge in [0.1, 0.15) is 0 Å². The molecule has 0 fully saturated rings. The molecule has 0 radical (unpaired) electrons. The number of aromatic nitrogens is 2. The van der Waals surface area contributed by atoms with Crippen LogP contribution in [-0.4, -0.2) is 29.0 Å². The second kappa shape index (κ2) is 5.37. The minimum atomic E-state index is 1.01. The molecular formula is C17H19N3. The van der Waals surface area contributed by atoms with Crippen molar-refractivity contribution in [2.45, 2.75) is 12.8 Å². The van der Waals surface area contributed by atoms with Gasteiger partial charge in [-0.25, -0.2) is 0 Å². The van der Waals surface area contributed by atoms with Crippen LogP contribution in [0.15, 0.2) is 53.9 Å². The molecular weight excluding hydrogens is 246 g/mol. The lowest BCUT2D eigenvalue weighted by atomic mass is 10.0. The Kier molecular flexibility index (Phi) is 3.42. The number of hydrogen-bond donors (Lipinski definition) is 1. The lowest BCUT2D eigenvalue weighted by Gasteiger charge is -2.19. The van der Waals surface area contributed by atoms with Crippen LogP contribution in [0.25, 0.3) is 17.1 Å². The van der Waals surface area contributed by atoms with Crippen molar-refractivity contribution < 1.29 is 0 Å². The van der Waals surface area contributed by atoms with Crippen LogP contribution in [0.1, 0.15) is 18.5 Å². The molecule has 1 aliphatic rings. The molecule has 2 aromatic rings. The van der Waals surface area contributed by atoms with E-state index in [-0.39, 0.29) is 0 Å². The minimum Gasteiger partial charge on any atom is -0.381 e. The van der Waals surface area contributed by atoms with Gasteiger partial charge < -0.3 is 9.88 Å². The Morgan fingerprint density at radius 3 is 2.80 bits per heavy atom. The summed E-state index contributed by atoms with van der Waals surface area (Å²) >= 11 is 0. The highest BCUT2D eigenvalue weighted by Crippen LogP contribution is 2.21. The number of aromatic amines is 1. The maximum atomic E-state index is 4.33. The Labute approximate surface area is 119 Å². The molecule has 0 atom stereocenters. The van der Waals surface area contributed by atoms with Gasteiger partial charge >= 0.3 is 0 Å². The fourth-order valence-electron chi connectivity index (χ4n) is 2.42. The second-order valence-electron chi connectivity index (χ2n) is 5.29. The zero-order valence-electron chi connectivity index (χ0n) is 11.9. The maximum absolute atomic E-state index is 4.33. The van der Waals surface area contributed by atoms with E-state index in [1.807, 2.05) is 18.3 Å². The Morgan fingerprint density at radius 1 is 1.20 bits per heavy atom. The molecule has 0 aromatic carbocycles. The SMILES string of the molecule is CN(C)C1=CC=C(C=Cc2cc3ncccc3[nH]2)CC1. The van der Waals surface area contributed by atoms with Crippen LogP contribution in [0.5, 0.6) is 0 Å². The topological polar surface area (TPSA) is 31.9 Å². The molecule has 3 nitrogen and oxygen atoms in total. The highest BCUT2D eigenvalue weighted by atomic mass is 15.1. The molecule has 0 spiro atoms. The van der Waals surface area contributed by atoms with E-state index in [2.05, 4.69) is 59.3 Å². The number of fused-ring (bicyclic) bond motifs is 1. The molecule has 0 amide bonds. The normalized spacial score (nSPS) is 15.5. The summed E-state index contributed by atoms with van der Waals surface area (Å²) in [5.74, 6) is 0. The first-order valence-electron chi connectivity index (χ1n) is 6.91. The van der Waals surface area contributed by atoms with Crippen LogP contribution in [0.4, 0.5) is 0 Å². The summed E-state index contributed by atoms with van der Waals surface area (Å²) in [7, 11) is 4.19. The summed E-state index contributed by atoms with van der Waals surface area (Å²) in [6.07, 6.45) is 12.7. The van der Waals surface area contributed by atoms with Crippen molar-refractivity contribution in [3.8, 4) is 0 Å². The molecule has 20 heavy (non-hydrogen) atoms. The number of nitrogens with one attached hydrogen (secondary N) is 1. The van der Waals surface area contributed by atoms with Crippen LogP contribution < -0.4 is 0 Å². The fraction of sp³-hybridized carbons (Fsp3) is 0.235. The molecule has 2 heterocycles. The third kappa shape index (κ3) is 2.67. The van der Waals surface area contributed by atoms with Crippen LogP contribution in [0, 0.1) is 0 Å². The molecule has 0 bridgehead atoms. The van der Waals surface area contributed by atoms with E-state index in [4.69, 9.17) is 0 Å². The minimum absolute atomic E-state index is 1.01. The largest absolute Gasteiger partial charge is 0.381 e. The summed E-state index contributed by atoms with van der Waals surface area (Å²) in [4.78, 5) is 9.87. The van der Waals surface area contributed by atoms with Crippen molar-refractivity contribution in [1.82, 2.24) is 14.9 Å². The van der Waals surface area contributed by atoms with Gasteiger partial charge in [0.25, 0.3) is 0 Å². The molecule has 3 heteroatoms. The Bertz CT molecular complexity index is 669. The first kappa shape index (κ1) is 12.7. The third-order valence-corrected chi connectivity index (χ3v) is 3.62. The van der Waals surface area contributed by atoms with E-state index >= 15 is 0 Å². The van der Waals surface area contributed by atoms with Crippen LogP contribution in [0.2, 0.25) is 0 Å². The lowest BCUT2D eigenvalue weighted by Crippen LogP contribution is -2.12. The highest BCUT2D eigenvalue weighted by molar-refractivity contribution is 5.78. The lowest BCUT2D eigenvalue weighted by molar-refractivity contribution is 0.484. The van der Waals surface area contributed by atoms with Gasteiger partial charge in [0.05, 0.1) is 11.0 Å². The maximum Gasteiger partial charge on any atom is 0.0885 e. The zero-order chi connectivity index (χ0) is 13.9. The number of allylic oxidation sites excluding steroid dienone is 5. The van der Waals surface area contributed by atoms with Crippen LogP contribution >= 0.6 is 0 Å². The van der Waals surface area contributed by atoms with Crippen LogP contribution in [0.3, 0.4) is 0 Å². The Balaban J connectivity index is 1.77. The number of H-pyrrole nitrogens is 1. The first-order valence-corrected chi connectivity index (χ1v) is 6.91. The summed E-state index contributed by atoms with van der Waals surface area (Å²) in [6.45, 7) is 0. The standard InChI is InChI=1S/C17H19N3/c1-20(2)15-9-6-13(7-10-15)5-8-14-12-17-16(19-14)4-3-11-18-17/h3-6,8-9,11-12,19H,7,10H2,1-2H3. The summed E-state index contributed by atoms with van der Waals surface area (Å²) in [6, 6.07) is 6.07. The Morgan fingerprint density at radius 2 is 2.10 bits per heavy atom. The second-order valence-corrected chi connectivity index (χ2v) is 5.29. The quantitative estimate of drug-likeness (QED) is 0.916. The number of pyridine rings is 1. The van der Waals surface area contributed by atoms with E-state index in [1.54, 1.807) is 0 Å². The van der Waals surface area contributed by atoms with Gasteiger partial charge in [-0.15, -0.1) is 0 Å². The third-order valence-electron chi connectivity index (χ3n) is 3.62. The summed E-state index contributed by atoms with van der Waals surface area (Å²) in [5, 5.41) is 0. The highest BCUT2D eigenvalue weighted by Gasteiger charge is 2.05. The van der Waals surface area contributed by atoms with Gasteiger partial charge in [-0.05, 0) is 48.8 Å². The number of nitrogens with zero attached hydrogens (tertiary/aromatic N) is 2. The summed E-state index contributed by atoms with van der Waals surface area (Å²) < 4.78 is 0. The van der Waals surface area contributed by atoms with E-state index in [0.717, 1.165) is 29.6 Å². The number of rotatable bonds is 3. The van der Waals surface area contributed by atoms with Crippen molar-refractivity contribution in [3.05, 3.63) is 59.6 Å². The first-order chi connectivity index (χ1) is 9.72. The van der Waals surface area contributed by atoms with Gasteiger partial charge in [0.15, 0.2) is 0 Å². The summed E-state index contributed by atoms with van der Waals surface area (Å²) in [5.41, 5.74) is 5.94. The van der Waals surface area contributed by atoms with Crippen molar-refractivity contribution in [2.75, 3.05) is 14.1 Å². The molecule has 1 N–H and O–H groups in total. The fourth-order valence-corrected chi connectivity index (χ4v) is 2.42. The smallest absolute Gasteiger partial charge is 0.0885 e. The van der Waals surface area contributed by atoms with Gasteiger partial charge in [-0.1, -0.05) is 12.2 Å². The van der Waals surface area contributed by atoms with E-state index < -0.39 is 0 Å². The van der Waals surface area contributed by atoms with Crippen molar-refractivity contribution in [1.29, 1.82) is 0 Å². The molecule has 1 aliphatic carbocycles. The van der Waals surface area contributed by atoms with Crippen LogP contribution in [-0.2, 0) is 0 Å². The average Bonchev–Trinajstić information content (AvgIpc) is 2.88. The molecule has 3 rings (SSSR count). The molecule has 0 saturated heterocycles. The molecule has 0 saturated carbocycles. The Hall–Kier alpha value is -2.29. The van der Waals surface area contributed by atoms with E-state index in [1.165, 1.54) is 11.3 Å². The van der Waals surface area contributed by atoms with Crippen molar-refractivity contribution in [2.24, 2.45) is 0 Å². The average molecular weight is 265 g/mol. The molecule has 2 aromatic heterocycles. The van der Waals surface area contributed by atoms with Crippen molar-refractivity contribution in [3.63, 3.8) is 0 Å². The van der Waals surface area contributed by atoms with Gasteiger partial charge in [0.2, 0.25) is 0 Å². The van der Waals surface area contributed by atoms with Gasteiger partial charge in [-0.3, -0.25) is 4.98 Å². The molecule has 0 aliphatic heterocycles. The zero-order valence-corrected chi connectivity index (χ0v) is 11.9. The predicted octanol–water partition coefficient (Wildman–Crippen LogP) is 3.74. The number of hydrogen-bond acceptors (Lipinski definition) is 2. The van der Waals surface area contributed by atoms with Gasteiger partial charge in [-0.2, -0.15) is 0 Å². The molecule has 0 unspecified atom stereocenters. The van der Waals surface area contributed by atoms with E-state index in [0.29, 0.717) is 0 Å². The molecule has 102 valence electrons. The predicted molar refractivity (Wildman–Crippen MR) is 84.2 cm³/mol. The monoisotopic (exact) mass is 265 g/mol. The van der Waals surface area contributed by atoms with E-state index in [9.17, 15) is 0 Å². The van der Waals surface area contributed by atoms with Crippen molar-refractivity contribution >= 4 is 17.1 Å². The van der Waals surface area contributed by atoms with Gasteiger partial charge in [0, 0.05) is 31.7 Å².